The van der Waals surface area contributed by atoms with Crippen LogP contribution in [0.2, 0.25) is 5.02 Å². The average Bonchev–Trinajstić information content (AvgIpc) is 3.67. The average molecular weight is 598 g/mol. The summed E-state index contributed by atoms with van der Waals surface area (Å²) in [4.78, 5) is 40.0. The Kier molecular flexibility index (Phi) is 9.30. The minimum absolute atomic E-state index is 0.220. The summed E-state index contributed by atoms with van der Waals surface area (Å²) in [6.07, 6.45) is 4.72. The number of benzene rings is 2. The molecule has 1 atom stereocenters. The van der Waals surface area contributed by atoms with Crippen LogP contribution < -0.4 is 5.32 Å². The topological polar surface area (TPSA) is 89.9 Å². The van der Waals surface area contributed by atoms with Crippen molar-refractivity contribution in [2.24, 2.45) is 5.92 Å². The number of aryl methyl sites for hydroxylation is 1. The van der Waals surface area contributed by atoms with Gasteiger partial charge in [-0.3, -0.25) is 14.4 Å². The summed E-state index contributed by atoms with van der Waals surface area (Å²) in [5.41, 5.74) is 2.42. The van der Waals surface area contributed by atoms with Crippen molar-refractivity contribution in [1.82, 2.24) is 9.47 Å². The molecule has 10 heteroatoms. The highest BCUT2D eigenvalue weighted by Gasteiger charge is 2.48. The molecule has 1 N–H and O–H groups in total. The lowest BCUT2D eigenvalue weighted by Gasteiger charge is -2.37. The quantitative estimate of drug-likeness (QED) is 0.223. The van der Waals surface area contributed by atoms with E-state index in [1.807, 2.05) is 42.0 Å². The number of aromatic nitrogens is 1. The third-order valence-electron chi connectivity index (χ3n) is 8.41. The predicted octanol–water partition coefficient (Wildman–Crippen LogP) is 6.15. The molecule has 0 radical (unpaired) electrons. The zero-order valence-corrected chi connectivity index (χ0v) is 24.8. The van der Waals surface area contributed by atoms with E-state index in [9.17, 15) is 14.4 Å². The van der Waals surface area contributed by atoms with Crippen molar-refractivity contribution in [3.63, 3.8) is 0 Å². The number of halogens is 2. The molecule has 5 rings (SSSR count). The summed E-state index contributed by atoms with van der Waals surface area (Å²) in [5, 5.41) is 3.97. The zero-order chi connectivity index (χ0) is 29.9. The number of esters is 1. The monoisotopic (exact) mass is 597 g/mol. The fraction of sp³-hybridized carbons (Fsp3) is 0.469. The van der Waals surface area contributed by atoms with Crippen molar-refractivity contribution in [2.45, 2.75) is 70.5 Å². The number of carbonyl (C=O) groups excluding carboxylic acids is 3. The van der Waals surface area contributed by atoms with Crippen molar-refractivity contribution in [2.75, 3.05) is 25.5 Å². The number of Topliss-reactive ketones (excluding diaryl/α,β-unsaturated/α-hetero) is 1. The number of hydrogen-bond acceptors (Lipinski definition) is 6. The van der Waals surface area contributed by atoms with Crippen molar-refractivity contribution in [3.8, 4) is 0 Å². The molecule has 2 heterocycles. The van der Waals surface area contributed by atoms with Crippen molar-refractivity contribution in [3.05, 3.63) is 64.8 Å². The number of likely N-dealkylation sites (tertiary alicyclic amines) is 1. The van der Waals surface area contributed by atoms with Crippen LogP contribution in [0, 0.1) is 5.92 Å². The van der Waals surface area contributed by atoms with E-state index in [0.29, 0.717) is 55.6 Å². The number of hydrogen-bond donors (Lipinski definition) is 1. The Morgan fingerprint density at radius 3 is 2.45 bits per heavy atom. The fourth-order valence-electron chi connectivity index (χ4n) is 6.07. The molecule has 8 nitrogen and oxygen atoms in total. The van der Waals surface area contributed by atoms with Gasteiger partial charge in [-0.2, -0.15) is 4.39 Å². The fourth-order valence-corrected chi connectivity index (χ4v) is 6.32. The van der Waals surface area contributed by atoms with Gasteiger partial charge >= 0.3 is 11.9 Å². The van der Waals surface area contributed by atoms with Crippen LogP contribution in [-0.2, 0) is 32.0 Å². The van der Waals surface area contributed by atoms with Crippen molar-refractivity contribution >= 4 is 45.9 Å². The number of alkyl halides is 1. The maximum absolute atomic E-state index is 16.6. The summed E-state index contributed by atoms with van der Waals surface area (Å²) >= 11 is 6.54. The Balaban J connectivity index is 1.28. The number of fused-ring (bicyclic) bond motifs is 1. The first-order chi connectivity index (χ1) is 20.2. The Labute approximate surface area is 250 Å². The molecule has 2 aromatic carbocycles. The molecular weight excluding hydrogens is 561 g/mol. The number of rotatable bonds is 10. The molecule has 1 unspecified atom stereocenters. The van der Waals surface area contributed by atoms with Crippen LogP contribution in [0.5, 0.6) is 0 Å². The normalized spacial score (nSPS) is 20.8. The molecule has 1 amide bonds. The number of nitrogens with zero attached hydrogens (tertiary/aromatic N) is 2. The number of ether oxygens (including phenoxy) is 2. The van der Waals surface area contributed by atoms with Crippen LogP contribution in [-0.4, -0.2) is 59.4 Å². The van der Waals surface area contributed by atoms with Gasteiger partial charge in [-0.05, 0) is 69.2 Å². The number of anilines is 1. The minimum atomic E-state index is -2.56. The van der Waals surface area contributed by atoms with E-state index in [-0.39, 0.29) is 29.2 Å². The SMILES string of the molecule is CCn1cc(C(=O)Nc2ccc(CC(=O)C(F)(OC3CCC(C(=O)OC)CC3)N3CCCC3)cc2Cl)c2ccccc21. The van der Waals surface area contributed by atoms with Gasteiger partial charge in [0.2, 0.25) is 5.78 Å². The van der Waals surface area contributed by atoms with E-state index >= 15 is 4.39 Å². The molecule has 224 valence electrons. The van der Waals surface area contributed by atoms with Crippen LogP contribution in [0.1, 0.15) is 61.4 Å². The lowest BCUT2D eigenvalue weighted by molar-refractivity contribution is -0.252. The Morgan fingerprint density at radius 1 is 1.07 bits per heavy atom. The Bertz CT molecular complexity index is 1460. The highest BCUT2D eigenvalue weighted by Crippen LogP contribution is 2.35. The summed E-state index contributed by atoms with van der Waals surface area (Å²) < 4.78 is 29.3. The third kappa shape index (κ3) is 6.23. The van der Waals surface area contributed by atoms with Gasteiger partial charge in [0, 0.05) is 43.2 Å². The molecule has 1 saturated heterocycles. The van der Waals surface area contributed by atoms with Gasteiger partial charge in [0.05, 0.1) is 35.4 Å². The number of methoxy groups -OCH3 is 1. The summed E-state index contributed by atoms with van der Waals surface area (Å²) in [5.74, 6) is -4.04. The molecule has 1 aliphatic heterocycles. The first-order valence-electron chi connectivity index (χ1n) is 14.6. The van der Waals surface area contributed by atoms with Crippen molar-refractivity contribution < 1.29 is 28.2 Å². The molecule has 0 spiro atoms. The molecule has 42 heavy (non-hydrogen) atoms. The number of amides is 1. The highest BCUT2D eigenvalue weighted by molar-refractivity contribution is 6.34. The van der Waals surface area contributed by atoms with E-state index in [0.717, 1.165) is 30.3 Å². The van der Waals surface area contributed by atoms with Gasteiger partial charge in [-0.25, -0.2) is 4.90 Å². The lowest BCUT2D eigenvalue weighted by Crippen LogP contribution is -2.54. The molecule has 1 saturated carbocycles. The predicted molar refractivity (Wildman–Crippen MR) is 159 cm³/mol. The summed E-state index contributed by atoms with van der Waals surface area (Å²) in [6.45, 7) is 3.60. The molecule has 3 aromatic rings. The number of ketones is 1. The number of nitrogens with one attached hydrogen (secondary N) is 1. The second-order valence-electron chi connectivity index (χ2n) is 11.1. The maximum Gasteiger partial charge on any atom is 0.330 e. The number of carbonyl (C=O) groups is 3. The van der Waals surface area contributed by atoms with Gasteiger partial charge in [-0.1, -0.05) is 35.9 Å². The molecule has 2 aliphatic rings. The Morgan fingerprint density at radius 2 is 1.79 bits per heavy atom. The smallest absolute Gasteiger partial charge is 0.330 e. The van der Waals surface area contributed by atoms with Gasteiger partial charge < -0.3 is 19.4 Å². The molecular formula is C32H37ClFN3O5. The summed E-state index contributed by atoms with van der Waals surface area (Å²) in [6, 6.07) is 12.6. The van der Waals surface area contributed by atoms with Crippen LogP contribution in [0.4, 0.5) is 10.1 Å². The van der Waals surface area contributed by atoms with E-state index in [2.05, 4.69) is 5.32 Å². The van der Waals surface area contributed by atoms with Gasteiger partial charge in [-0.15, -0.1) is 0 Å². The van der Waals surface area contributed by atoms with E-state index in [4.69, 9.17) is 21.1 Å². The second-order valence-corrected chi connectivity index (χ2v) is 11.5. The van der Waals surface area contributed by atoms with E-state index in [1.54, 1.807) is 18.2 Å². The third-order valence-corrected chi connectivity index (χ3v) is 8.72. The van der Waals surface area contributed by atoms with E-state index in [1.165, 1.54) is 12.0 Å². The summed E-state index contributed by atoms with van der Waals surface area (Å²) in [7, 11) is 1.36. The van der Waals surface area contributed by atoms with Crippen LogP contribution in [0.25, 0.3) is 10.9 Å². The molecule has 0 bridgehead atoms. The van der Waals surface area contributed by atoms with Gasteiger partial charge in [0.25, 0.3) is 5.91 Å². The number of para-hydroxylation sites is 1. The highest BCUT2D eigenvalue weighted by atomic mass is 35.5. The van der Waals surface area contributed by atoms with Crippen LogP contribution in [0.15, 0.2) is 48.7 Å². The molecule has 2 fully saturated rings. The van der Waals surface area contributed by atoms with Crippen molar-refractivity contribution in [1.29, 1.82) is 0 Å². The Hall–Kier alpha value is -3.27. The molecule has 1 aliphatic carbocycles. The zero-order valence-electron chi connectivity index (χ0n) is 24.0. The minimum Gasteiger partial charge on any atom is -0.469 e. The second kappa shape index (κ2) is 12.9. The maximum atomic E-state index is 16.6. The van der Waals surface area contributed by atoms with Crippen LogP contribution in [0.3, 0.4) is 0 Å². The van der Waals surface area contributed by atoms with Crippen LogP contribution >= 0.6 is 11.6 Å². The van der Waals surface area contributed by atoms with E-state index < -0.39 is 17.9 Å². The van der Waals surface area contributed by atoms with Gasteiger partial charge in [0.15, 0.2) is 0 Å². The standard InChI is InChI=1S/C32H37ClFN3O5/c1-3-36-20-25(24-8-4-5-9-28(24)36)30(39)35-27-15-10-21(18-26(27)33)19-29(38)32(34,37-16-6-7-17-37)42-23-13-11-22(12-14-23)31(40)41-2/h4-5,8-10,15,18,20,22-23H,3,6-7,11-14,16-17,19H2,1-2H3,(H,35,39). The molecule has 1 aromatic heterocycles. The van der Waals surface area contributed by atoms with Gasteiger partial charge in [0.1, 0.15) is 0 Å². The largest absolute Gasteiger partial charge is 0.469 e. The first-order valence-corrected chi connectivity index (χ1v) is 15.0. The first kappa shape index (κ1) is 30.2. The lowest BCUT2D eigenvalue weighted by atomic mass is 9.87.